The summed E-state index contributed by atoms with van der Waals surface area (Å²) in [6.07, 6.45) is 0.727. The molecular formula is C15H23BrN2O3. The highest BCUT2D eigenvalue weighted by molar-refractivity contribution is 9.10. The number of carboxylic acids is 1. The van der Waals surface area contributed by atoms with E-state index in [9.17, 15) is 9.90 Å². The van der Waals surface area contributed by atoms with Gasteiger partial charge in [-0.3, -0.25) is 9.69 Å². The van der Waals surface area contributed by atoms with Crippen LogP contribution in [0.25, 0.3) is 0 Å². The van der Waals surface area contributed by atoms with Gasteiger partial charge in [0, 0.05) is 29.2 Å². The van der Waals surface area contributed by atoms with Gasteiger partial charge in [-0.1, -0.05) is 22.9 Å². The molecule has 0 fully saturated rings. The number of aliphatic carboxylic acids is 1. The number of halogens is 1. The maximum absolute atomic E-state index is 11.1. The Morgan fingerprint density at radius 1 is 1.33 bits per heavy atom. The van der Waals surface area contributed by atoms with Gasteiger partial charge in [-0.25, -0.2) is 0 Å². The molecule has 0 amide bonds. The minimum Gasteiger partial charge on any atom is -0.508 e. The lowest BCUT2D eigenvalue weighted by molar-refractivity contribution is -0.139. The summed E-state index contributed by atoms with van der Waals surface area (Å²) in [6.45, 7) is 3.34. The van der Waals surface area contributed by atoms with E-state index in [0.29, 0.717) is 6.54 Å². The van der Waals surface area contributed by atoms with Gasteiger partial charge in [-0.2, -0.15) is 0 Å². The third-order valence-corrected chi connectivity index (χ3v) is 3.84. The number of phenolic OH excluding ortho intramolecular Hbond substituents is 1. The molecule has 118 valence electrons. The van der Waals surface area contributed by atoms with Gasteiger partial charge >= 0.3 is 5.97 Å². The standard InChI is InChI=1S/C15H23BrN2O3/c1-4-13(12-9-11(16)5-6-14(12)19)18(10-15(20)21)8-7-17(2)3/h5-6,9,13,19H,4,7-8,10H2,1-3H3,(H,20,21). The van der Waals surface area contributed by atoms with Crippen molar-refractivity contribution in [2.45, 2.75) is 19.4 Å². The van der Waals surface area contributed by atoms with Crippen LogP contribution >= 0.6 is 15.9 Å². The van der Waals surface area contributed by atoms with E-state index in [2.05, 4.69) is 15.9 Å². The second-order valence-corrected chi connectivity index (χ2v) is 6.21. The van der Waals surface area contributed by atoms with E-state index in [1.165, 1.54) is 0 Å². The number of hydrogen-bond acceptors (Lipinski definition) is 4. The van der Waals surface area contributed by atoms with E-state index in [-0.39, 0.29) is 18.3 Å². The summed E-state index contributed by atoms with van der Waals surface area (Å²) in [6, 6.07) is 5.13. The molecule has 0 saturated heterocycles. The molecule has 0 aromatic heterocycles. The molecule has 1 aromatic carbocycles. The van der Waals surface area contributed by atoms with Gasteiger partial charge in [0.2, 0.25) is 0 Å². The normalized spacial score (nSPS) is 12.9. The minimum absolute atomic E-state index is 0.0434. The van der Waals surface area contributed by atoms with Crippen molar-refractivity contribution in [1.29, 1.82) is 0 Å². The van der Waals surface area contributed by atoms with E-state index < -0.39 is 5.97 Å². The van der Waals surface area contributed by atoms with Crippen molar-refractivity contribution in [1.82, 2.24) is 9.80 Å². The molecule has 0 spiro atoms. The Morgan fingerprint density at radius 3 is 2.52 bits per heavy atom. The van der Waals surface area contributed by atoms with Crippen molar-refractivity contribution < 1.29 is 15.0 Å². The smallest absolute Gasteiger partial charge is 0.317 e. The summed E-state index contributed by atoms with van der Waals surface area (Å²) in [5, 5.41) is 19.2. The number of rotatable bonds is 8. The monoisotopic (exact) mass is 358 g/mol. The van der Waals surface area contributed by atoms with Crippen LogP contribution < -0.4 is 0 Å². The quantitative estimate of drug-likeness (QED) is 0.747. The average Bonchev–Trinajstić information content (AvgIpc) is 2.39. The fourth-order valence-electron chi connectivity index (χ4n) is 2.31. The number of carboxylic acid groups (broad SMARTS) is 1. The lowest BCUT2D eigenvalue weighted by atomic mass is 10.0. The molecule has 0 saturated carbocycles. The average molecular weight is 359 g/mol. The lowest BCUT2D eigenvalue weighted by Gasteiger charge is -2.31. The van der Waals surface area contributed by atoms with Crippen molar-refractivity contribution in [3.63, 3.8) is 0 Å². The highest BCUT2D eigenvalue weighted by Crippen LogP contribution is 2.33. The van der Waals surface area contributed by atoms with Crippen LogP contribution in [0.2, 0.25) is 0 Å². The van der Waals surface area contributed by atoms with Gasteiger partial charge in [-0.15, -0.1) is 0 Å². The molecule has 2 N–H and O–H groups in total. The Labute approximate surface area is 134 Å². The van der Waals surface area contributed by atoms with E-state index in [1.54, 1.807) is 12.1 Å². The first-order valence-electron chi connectivity index (χ1n) is 6.94. The summed E-state index contributed by atoms with van der Waals surface area (Å²) >= 11 is 3.40. The molecule has 6 heteroatoms. The maximum atomic E-state index is 11.1. The number of likely N-dealkylation sites (N-methyl/N-ethyl adjacent to an activating group) is 1. The van der Waals surface area contributed by atoms with Gasteiger partial charge in [0.05, 0.1) is 6.54 Å². The first kappa shape index (κ1) is 17.9. The molecule has 21 heavy (non-hydrogen) atoms. The minimum atomic E-state index is -0.860. The molecule has 0 bridgehead atoms. The predicted molar refractivity (Wildman–Crippen MR) is 86.6 cm³/mol. The Kier molecular flexibility index (Phi) is 7.14. The number of aromatic hydroxyl groups is 1. The Balaban J connectivity index is 3.04. The summed E-state index contributed by atoms with van der Waals surface area (Å²) in [7, 11) is 3.91. The Hall–Kier alpha value is -1.11. The second kappa shape index (κ2) is 8.36. The molecule has 5 nitrogen and oxygen atoms in total. The predicted octanol–water partition coefficient (Wildman–Crippen LogP) is 2.55. The highest BCUT2D eigenvalue weighted by atomic mass is 79.9. The SMILES string of the molecule is CCC(c1cc(Br)ccc1O)N(CCN(C)C)CC(=O)O. The van der Waals surface area contributed by atoms with E-state index in [4.69, 9.17) is 5.11 Å². The molecule has 1 aromatic rings. The van der Waals surface area contributed by atoms with Crippen molar-refractivity contribution in [2.75, 3.05) is 33.7 Å². The van der Waals surface area contributed by atoms with E-state index in [1.807, 2.05) is 36.9 Å². The number of carbonyl (C=O) groups is 1. The van der Waals surface area contributed by atoms with Crippen LogP contribution in [0.1, 0.15) is 24.9 Å². The van der Waals surface area contributed by atoms with E-state index >= 15 is 0 Å². The molecule has 1 atom stereocenters. The fourth-order valence-corrected chi connectivity index (χ4v) is 2.69. The summed E-state index contributed by atoms with van der Waals surface area (Å²) in [4.78, 5) is 15.0. The summed E-state index contributed by atoms with van der Waals surface area (Å²) in [5.74, 6) is -0.660. The molecule has 0 aliphatic rings. The molecule has 0 radical (unpaired) electrons. The van der Waals surface area contributed by atoms with Crippen molar-refractivity contribution >= 4 is 21.9 Å². The molecule has 1 unspecified atom stereocenters. The Bertz CT molecular complexity index is 480. The van der Waals surface area contributed by atoms with Crippen molar-refractivity contribution in [3.05, 3.63) is 28.2 Å². The fraction of sp³-hybridized carbons (Fsp3) is 0.533. The summed E-state index contributed by atoms with van der Waals surface area (Å²) < 4.78 is 0.872. The molecule has 0 aliphatic heterocycles. The first-order chi connectivity index (χ1) is 9.85. The topological polar surface area (TPSA) is 64.0 Å². The lowest BCUT2D eigenvalue weighted by Crippen LogP contribution is -2.38. The van der Waals surface area contributed by atoms with Crippen LogP contribution in [0.5, 0.6) is 5.75 Å². The van der Waals surface area contributed by atoms with Gasteiger partial charge in [0.25, 0.3) is 0 Å². The van der Waals surface area contributed by atoms with Gasteiger partial charge in [0.15, 0.2) is 0 Å². The van der Waals surface area contributed by atoms with Gasteiger partial charge < -0.3 is 15.1 Å². The van der Waals surface area contributed by atoms with Crippen molar-refractivity contribution in [3.8, 4) is 5.75 Å². The van der Waals surface area contributed by atoms with Crippen LogP contribution in [-0.4, -0.2) is 59.7 Å². The van der Waals surface area contributed by atoms with E-state index in [0.717, 1.165) is 23.0 Å². The van der Waals surface area contributed by atoms with Crippen LogP contribution in [0.4, 0.5) is 0 Å². The molecule has 0 aliphatic carbocycles. The molecule has 0 heterocycles. The maximum Gasteiger partial charge on any atom is 0.317 e. The largest absolute Gasteiger partial charge is 0.508 e. The van der Waals surface area contributed by atoms with Crippen LogP contribution in [-0.2, 0) is 4.79 Å². The zero-order valence-electron chi connectivity index (χ0n) is 12.7. The van der Waals surface area contributed by atoms with Gasteiger partial charge in [0.1, 0.15) is 5.75 Å². The van der Waals surface area contributed by atoms with Crippen LogP contribution in [0.15, 0.2) is 22.7 Å². The van der Waals surface area contributed by atoms with Crippen LogP contribution in [0, 0.1) is 0 Å². The first-order valence-corrected chi connectivity index (χ1v) is 7.73. The third kappa shape index (κ3) is 5.65. The van der Waals surface area contributed by atoms with Crippen molar-refractivity contribution in [2.24, 2.45) is 0 Å². The zero-order chi connectivity index (χ0) is 16.0. The molecular weight excluding hydrogens is 336 g/mol. The number of hydrogen-bond donors (Lipinski definition) is 2. The number of nitrogens with zero attached hydrogens (tertiary/aromatic N) is 2. The number of benzene rings is 1. The third-order valence-electron chi connectivity index (χ3n) is 3.35. The highest BCUT2D eigenvalue weighted by Gasteiger charge is 2.23. The van der Waals surface area contributed by atoms with Gasteiger partial charge in [-0.05, 0) is 38.7 Å². The van der Waals surface area contributed by atoms with Crippen LogP contribution in [0.3, 0.4) is 0 Å². The molecule has 1 rings (SSSR count). The number of phenols is 1. The Morgan fingerprint density at radius 2 is 2.00 bits per heavy atom. The second-order valence-electron chi connectivity index (χ2n) is 5.29. The zero-order valence-corrected chi connectivity index (χ0v) is 14.3. The summed E-state index contributed by atoms with van der Waals surface area (Å²) in [5.41, 5.74) is 0.756.